The number of hydrogen-bond donors (Lipinski definition) is 0. The summed E-state index contributed by atoms with van der Waals surface area (Å²) in [6.45, 7) is 0.297. The summed E-state index contributed by atoms with van der Waals surface area (Å²) in [4.78, 5) is 0.346. The van der Waals surface area contributed by atoms with E-state index in [9.17, 15) is 8.42 Å². The standard InChI is InChI=1S/C14H12O3S/c15-18(16,14-10-17-14)13-9-5-4-8-12(13)11-6-2-1-3-7-11/h1-9,14H,10H2. The first-order valence-corrected chi connectivity index (χ1v) is 7.24. The first-order chi connectivity index (χ1) is 8.69. The first kappa shape index (κ1) is 11.4. The minimum atomic E-state index is -3.37. The third-order valence-electron chi connectivity index (χ3n) is 2.93. The van der Waals surface area contributed by atoms with Gasteiger partial charge in [-0.05, 0) is 11.6 Å². The zero-order valence-corrected chi connectivity index (χ0v) is 10.4. The molecular formula is C14H12O3S. The van der Waals surface area contributed by atoms with E-state index in [0.29, 0.717) is 11.5 Å². The summed E-state index contributed by atoms with van der Waals surface area (Å²) < 4.78 is 29.5. The molecule has 18 heavy (non-hydrogen) atoms. The molecule has 0 N–H and O–H groups in total. The van der Waals surface area contributed by atoms with Gasteiger partial charge in [0.15, 0.2) is 5.44 Å². The third kappa shape index (κ3) is 1.94. The van der Waals surface area contributed by atoms with Gasteiger partial charge < -0.3 is 4.74 Å². The number of ether oxygens (including phenoxy) is 1. The molecule has 1 atom stereocenters. The predicted octanol–water partition coefficient (Wildman–Crippen LogP) is 2.48. The third-order valence-corrected chi connectivity index (χ3v) is 4.86. The van der Waals surface area contributed by atoms with E-state index in [1.54, 1.807) is 12.1 Å². The SMILES string of the molecule is O=S(=O)(c1ccccc1-c1ccccc1)C1CO1. The van der Waals surface area contributed by atoms with Crippen molar-refractivity contribution in [1.29, 1.82) is 0 Å². The molecule has 2 aromatic carbocycles. The fourth-order valence-electron chi connectivity index (χ4n) is 1.93. The summed E-state index contributed by atoms with van der Waals surface area (Å²) in [5, 5.41) is 0. The van der Waals surface area contributed by atoms with E-state index in [1.807, 2.05) is 42.5 Å². The molecule has 3 rings (SSSR count). The molecule has 2 aromatic rings. The van der Waals surface area contributed by atoms with Gasteiger partial charge in [0.25, 0.3) is 0 Å². The Kier molecular flexibility index (Phi) is 2.69. The highest BCUT2D eigenvalue weighted by atomic mass is 32.2. The van der Waals surface area contributed by atoms with Crippen LogP contribution in [0.3, 0.4) is 0 Å². The Morgan fingerprint density at radius 3 is 2.22 bits per heavy atom. The molecule has 0 bridgehead atoms. The van der Waals surface area contributed by atoms with E-state index in [4.69, 9.17) is 4.74 Å². The van der Waals surface area contributed by atoms with Crippen LogP contribution in [0.2, 0.25) is 0 Å². The highest BCUT2D eigenvalue weighted by Crippen LogP contribution is 2.32. The fourth-order valence-corrected chi connectivity index (χ4v) is 3.41. The quantitative estimate of drug-likeness (QED) is 0.796. The molecule has 92 valence electrons. The lowest BCUT2D eigenvalue weighted by Crippen LogP contribution is -2.09. The van der Waals surface area contributed by atoms with Crippen molar-refractivity contribution in [2.45, 2.75) is 10.3 Å². The molecule has 1 aliphatic heterocycles. The van der Waals surface area contributed by atoms with Crippen LogP contribution in [0.4, 0.5) is 0 Å². The zero-order valence-electron chi connectivity index (χ0n) is 9.61. The van der Waals surface area contributed by atoms with Crippen molar-refractivity contribution in [1.82, 2.24) is 0 Å². The van der Waals surface area contributed by atoms with E-state index in [-0.39, 0.29) is 0 Å². The molecule has 0 saturated carbocycles. The van der Waals surface area contributed by atoms with E-state index in [2.05, 4.69) is 0 Å². The highest BCUT2D eigenvalue weighted by Gasteiger charge is 2.39. The topological polar surface area (TPSA) is 46.7 Å². The number of sulfone groups is 1. The molecular weight excluding hydrogens is 248 g/mol. The minimum absolute atomic E-state index is 0.297. The van der Waals surface area contributed by atoms with E-state index >= 15 is 0 Å². The van der Waals surface area contributed by atoms with Crippen LogP contribution in [0, 0.1) is 0 Å². The average molecular weight is 260 g/mol. The smallest absolute Gasteiger partial charge is 0.208 e. The van der Waals surface area contributed by atoms with E-state index in [0.717, 1.165) is 11.1 Å². The second kappa shape index (κ2) is 4.23. The van der Waals surface area contributed by atoms with Crippen LogP contribution in [0.5, 0.6) is 0 Å². The largest absolute Gasteiger partial charge is 0.356 e. The minimum Gasteiger partial charge on any atom is -0.356 e. The molecule has 1 saturated heterocycles. The molecule has 1 heterocycles. The summed E-state index contributed by atoms with van der Waals surface area (Å²) in [5.74, 6) is 0. The Morgan fingerprint density at radius 2 is 1.56 bits per heavy atom. The Hall–Kier alpha value is -1.65. The van der Waals surface area contributed by atoms with Crippen LogP contribution >= 0.6 is 0 Å². The Balaban J connectivity index is 2.17. The maximum absolute atomic E-state index is 12.3. The lowest BCUT2D eigenvalue weighted by Gasteiger charge is -2.08. The lowest BCUT2D eigenvalue weighted by atomic mass is 10.1. The van der Waals surface area contributed by atoms with Crippen molar-refractivity contribution < 1.29 is 13.2 Å². The molecule has 1 unspecified atom stereocenters. The summed E-state index contributed by atoms with van der Waals surface area (Å²) in [7, 11) is -3.37. The Morgan fingerprint density at radius 1 is 0.944 bits per heavy atom. The van der Waals surface area contributed by atoms with Gasteiger partial charge in [0.05, 0.1) is 11.5 Å². The fraction of sp³-hybridized carbons (Fsp3) is 0.143. The normalized spacial score (nSPS) is 18.6. The van der Waals surface area contributed by atoms with Gasteiger partial charge in [0.1, 0.15) is 0 Å². The van der Waals surface area contributed by atoms with Crippen LogP contribution in [-0.2, 0) is 14.6 Å². The number of epoxide rings is 1. The maximum Gasteiger partial charge on any atom is 0.208 e. The molecule has 0 radical (unpaired) electrons. The number of rotatable bonds is 3. The van der Waals surface area contributed by atoms with Crippen molar-refractivity contribution in [3.63, 3.8) is 0 Å². The average Bonchev–Trinajstić information content (AvgIpc) is 3.24. The van der Waals surface area contributed by atoms with Gasteiger partial charge in [-0.1, -0.05) is 48.5 Å². The van der Waals surface area contributed by atoms with Crippen molar-refractivity contribution in [3.05, 3.63) is 54.6 Å². The van der Waals surface area contributed by atoms with E-state index < -0.39 is 15.3 Å². The van der Waals surface area contributed by atoms with Crippen molar-refractivity contribution >= 4 is 9.84 Å². The zero-order chi connectivity index (χ0) is 12.6. The number of benzene rings is 2. The molecule has 1 fully saturated rings. The van der Waals surface area contributed by atoms with Gasteiger partial charge in [0, 0.05) is 5.56 Å². The number of hydrogen-bond acceptors (Lipinski definition) is 3. The molecule has 4 heteroatoms. The van der Waals surface area contributed by atoms with Gasteiger partial charge in [-0.15, -0.1) is 0 Å². The Bertz CT molecular complexity index is 658. The summed E-state index contributed by atoms with van der Waals surface area (Å²) in [6, 6.07) is 16.5. The van der Waals surface area contributed by atoms with Gasteiger partial charge in [-0.2, -0.15) is 0 Å². The van der Waals surface area contributed by atoms with Gasteiger partial charge in [-0.3, -0.25) is 0 Å². The van der Waals surface area contributed by atoms with Crippen LogP contribution < -0.4 is 0 Å². The predicted molar refractivity (Wildman–Crippen MR) is 68.8 cm³/mol. The van der Waals surface area contributed by atoms with Gasteiger partial charge >= 0.3 is 0 Å². The van der Waals surface area contributed by atoms with Crippen molar-refractivity contribution in [2.75, 3.05) is 6.61 Å². The van der Waals surface area contributed by atoms with Crippen LogP contribution in [0.25, 0.3) is 11.1 Å². The molecule has 0 aromatic heterocycles. The first-order valence-electron chi connectivity index (χ1n) is 5.69. The van der Waals surface area contributed by atoms with Gasteiger partial charge in [-0.25, -0.2) is 8.42 Å². The van der Waals surface area contributed by atoms with Crippen LogP contribution in [-0.4, -0.2) is 20.5 Å². The monoisotopic (exact) mass is 260 g/mol. The van der Waals surface area contributed by atoms with Crippen molar-refractivity contribution in [3.8, 4) is 11.1 Å². The second-order valence-corrected chi connectivity index (χ2v) is 6.23. The van der Waals surface area contributed by atoms with Crippen molar-refractivity contribution in [2.24, 2.45) is 0 Å². The molecule has 0 spiro atoms. The summed E-state index contributed by atoms with van der Waals surface area (Å²) in [6.07, 6.45) is 0. The molecule has 3 nitrogen and oxygen atoms in total. The van der Waals surface area contributed by atoms with E-state index in [1.165, 1.54) is 0 Å². The Labute approximate surface area is 106 Å². The van der Waals surface area contributed by atoms with Crippen LogP contribution in [0.15, 0.2) is 59.5 Å². The molecule has 0 aliphatic carbocycles. The molecule has 0 amide bonds. The second-order valence-electron chi connectivity index (χ2n) is 4.17. The van der Waals surface area contributed by atoms with Gasteiger partial charge in [0.2, 0.25) is 9.84 Å². The molecule has 1 aliphatic rings. The highest BCUT2D eigenvalue weighted by molar-refractivity contribution is 7.92. The van der Waals surface area contributed by atoms with Crippen LogP contribution in [0.1, 0.15) is 0 Å². The maximum atomic E-state index is 12.3. The summed E-state index contributed by atoms with van der Waals surface area (Å²) in [5.41, 5.74) is 0.966. The summed E-state index contributed by atoms with van der Waals surface area (Å²) >= 11 is 0. The lowest BCUT2D eigenvalue weighted by molar-refractivity contribution is 0.445.